The average molecular weight is 1290 g/mol. The first kappa shape index (κ1) is 70.6. The summed E-state index contributed by atoms with van der Waals surface area (Å²) in [4.78, 5) is 27.4. The largest absolute Gasteiger partial charge is 0.457 e. The number of carbonyl (C=O) groups excluding carboxylic acids is 2. The lowest BCUT2D eigenvalue weighted by Gasteiger charge is -2.75. The van der Waals surface area contributed by atoms with Gasteiger partial charge >= 0.3 is 11.9 Å². The Morgan fingerprint density at radius 3 is 1.71 bits per heavy atom. The standard InChI is InChI=1S/C63H102O27/c1-12-14-36(68)85-50-49(89-51(78)26(3)13-2)57(5,6)21-33-62-20-16-32-59(9)18-17-35(58(7,8)31(59)15-19-60(32,10)61(62,11)22-34(67)63(33,50)56(79)90-62)84-55-48(88-53-45(77)42(74)38(70)28(23-64)81-53)46(40(72)30(25-66)83-55)86-54-47(43(75)39(71)29(24-65)82-54)87-52-44(76)41(73)37(69)27(4)80-52/h13,27-35,37-50,52-56,64-67,69-77,79H,12,14-25H2,1-11H3/b26-13+/t27-,28+,29+,30+,31?,32?,33?,34+,35-,37-,38-,39-,40+,41+,42-,43-,44+,45+,46-,47+,48+,49-,50-,52-,53-,54-,55-,56-,59-,60+,61-,62-,63+/m0/s1. The van der Waals surface area contributed by atoms with Crippen LogP contribution in [-0.2, 0) is 61.7 Å². The average Bonchev–Trinajstić information content (AvgIpc) is 1.35. The molecule has 90 heavy (non-hydrogen) atoms. The van der Waals surface area contributed by atoms with Gasteiger partial charge in [-0.25, -0.2) is 4.79 Å². The molecule has 14 N–H and O–H groups in total. The molecule has 5 aliphatic carbocycles. The van der Waals surface area contributed by atoms with Crippen molar-refractivity contribution in [1.29, 1.82) is 0 Å². The molecule has 33 atom stereocenters. The lowest BCUT2D eigenvalue weighted by molar-refractivity contribution is -0.409. The smallest absolute Gasteiger partial charge is 0.333 e. The summed E-state index contributed by atoms with van der Waals surface area (Å²) < 4.78 is 69.9. The van der Waals surface area contributed by atoms with E-state index < -0.39 is 229 Å². The van der Waals surface area contributed by atoms with Crippen LogP contribution in [0.4, 0.5) is 0 Å². The van der Waals surface area contributed by atoms with E-state index in [0.29, 0.717) is 56.9 Å². The van der Waals surface area contributed by atoms with E-state index in [1.807, 2.05) is 20.8 Å². The van der Waals surface area contributed by atoms with E-state index in [4.69, 9.17) is 52.1 Å². The number of allylic oxidation sites excluding steroid dienone is 1. The van der Waals surface area contributed by atoms with Gasteiger partial charge in [0.25, 0.3) is 0 Å². The molecular formula is C63H102O27. The minimum absolute atomic E-state index is 0.00762. The van der Waals surface area contributed by atoms with Crippen molar-refractivity contribution in [2.24, 2.45) is 50.2 Å². The van der Waals surface area contributed by atoms with Crippen LogP contribution in [0.3, 0.4) is 0 Å². The van der Waals surface area contributed by atoms with Gasteiger partial charge in [-0.15, -0.1) is 0 Å². The maximum atomic E-state index is 13.7. The van der Waals surface area contributed by atoms with Gasteiger partial charge in [0.2, 0.25) is 0 Å². The van der Waals surface area contributed by atoms with Crippen LogP contribution in [0, 0.1) is 50.2 Å². The van der Waals surface area contributed by atoms with Crippen molar-refractivity contribution in [3.05, 3.63) is 11.6 Å². The van der Waals surface area contributed by atoms with Crippen LogP contribution in [0.1, 0.15) is 140 Å². The van der Waals surface area contributed by atoms with Gasteiger partial charge in [-0.05, 0) is 107 Å². The minimum atomic E-state index is -2.02. The number of fused-ring (bicyclic) bond motifs is 4. The van der Waals surface area contributed by atoms with Gasteiger partial charge in [-0.1, -0.05) is 61.5 Å². The third-order valence-electron chi connectivity index (χ3n) is 24.5. The van der Waals surface area contributed by atoms with Crippen molar-refractivity contribution in [1.82, 2.24) is 0 Å². The van der Waals surface area contributed by atoms with Gasteiger partial charge in [0.1, 0.15) is 97.7 Å². The van der Waals surface area contributed by atoms with Crippen molar-refractivity contribution >= 4 is 11.9 Å². The normalized spacial score (nSPS) is 53.1. The van der Waals surface area contributed by atoms with Crippen LogP contribution in [0.15, 0.2) is 11.6 Å². The fourth-order valence-electron chi connectivity index (χ4n) is 19.3. The summed E-state index contributed by atoms with van der Waals surface area (Å²) >= 11 is 0. The molecule has 5 saturated carbocycles. The molecular weight excluding hydrogens is 1190 g/mol. The molecule has 0 radical (unpaired) electrons. The topological polar surface area (TPSA) is 419 Å². The third kappa shape index (κ3) is 10.9. The van der Waals surface area contributed by atoms with E-state index in [1.54, 1.807) is 19.9 Å². The van der Waals surface area contributed by atoms with Crippen LogP contribution in [0.5, 0.6) is 0 Å². The highest BCUT2D eigenvalue weighted by Crippen LogP contribution is 2.82. The fourth-order valence-corrected chi connectivity index (χ4v) is 19.3. The molecule has 3 unspecified atom stereocenters. The number of ether oxygens (including phenoxy) is 11. The first-order valence-electron chi connectivity index (χ1n) is 32.4. The second kappa shape index (κ2) is 25.6. The van der Waals surface area contributed by atoms with E-state index in [9.17, 15) is 81.1 Å². The predicted molar refractivity (Wildman–Crippen MR) is 307 cm³/mol. The van der Waals surface area contributed by atoms with Crippen molar-refractivity contribution in [3.8, 4) is 0 Å². The second-order valence-electron chi connectivity index (χ2n) is 29.8. The van der Waals surface area contributed by atoms with Gasteiger partial charge in [0.15, 0.2) is 37.6 Å². The highest BCUT2D eigenvalue weighted by molar-refractivity contribution is 5.87. The molecule has 5 aliphatic heterocycles. The Bertz CT molecular complexity index is 2570. The third-order valence-corrected chi connectivity index (χ3v) is 24.5. The Labute approximate surface area is 524 Å². The number of hydrogen-bond donors (Lipinski definition) is 14. The molecule has 5 heterocycles. The maximum Gasteiger partial charge on any atom is 0.333 e. The number of esters is 2. The molecule has 10 aliphatic rings. The Morgan fingerprint density at radius 1 is 0.556 bits per heavy atom. The van der Waals surface area contributed by atoms with Crippen LogP contribution in [0.25, 0.3) is 0 Å². The molecule has 10 rings (SSSR count). The van der Waals surface area contributed by atoms with Crippen molar-refractivity contribution < 1.29 is 133 Å². The lowest BCUT2D eigenvalue weighted by atomic mass is 9.30. The zero-order valence-electron chi connectivity index (χ0n) is 53.5. The molecule has 2 bridgehead atoms. The molecule has 10 fully saturated rings. The van der Waals surface area contributed by atoms with Crippen LogP contribution >= 0.6 is 0 Å². The Kier molecular flexibility index (Phi) is 20.1. The quantitative estimate of drug-likeness (QED) is 0.0491. The Morgan fingerprint density at radius 2 is 1.10 bits per heavy atom. The van der Waals surface area contributed by atoms with Crippen LogP contribution < -0.4 is 0 Å². The van der Waals surface area contributed by atoms with E-state index in [0.717, 1.165) is 0 Å². The monoisotopic (exact) mass is 1290 g/mol. The fraction of sp³-hybridized carbons (Fsp3) is 0.937. The van der Waals surface area contributed by atoms with Crippen LogP contribution in [-0.4, -0.2) is 262 Å². The number of hydrogen-bond acceptors (Lipinski definition) is 27. The SMILES string of the molecule is C/C=C(\C)C(=O)O[C@H]1[C@H](OC(=O)CCC)[C@@]23C(CC1(C)C)[C@]1(CCC4[C@@]5(C)CC[C@H](O[C@@H]6O[C@H](CO)[C@@H](O)[C@H](O[C@@H]7O[C@H](CO)[C@H](O)[C@H](O)[C@H]7O[C@@H]7O[C@@H](C)[C@H](O)[C@@H](O)[C@H]7O)[C@H]6O[C@@H]6O[C@H](CO)[C@H](O)[C@H](O)[C@H]6O)C(C)(C)C5CC[C@@]4(C)[C@]1(C)C[C@H]2O)O[C@@H]3O. The van der Waals surface area contributed by atoms with Gasteiger partial charge in [-0.2, -0.15) is 0 Å². The van der Waals surface area contributed by atoms with E-state index in [1.165, 1.54) is 6.92 Å². The molecule has 27 nitrogen and oxygen atoms in total. The molecule has 0 aromatic carbocycles. The zero-order valence-corrected chi connectivity index (χ0v) is 53.5. The van der Waals surface area contributed by atoms with E-state index in [-0.39, 0.29) is 24.7 Å². The number of carbonyl (C=O) groups is 2. The number of aliphatic hydroxyl groups excluding tert-OH is 14. The molecule has 0 amide bonds. The number of rotatable bonds is 16. The van der Waals surface area contributed by atoms with Crippen molar-refractivity contribution in [3.63, 3.8) is 0 Å². The number of aliphatic hydroxyl groups is 14. The van der Waals surface area contributed by atoms with E-state index >= 15 is 0 Å². The highest BCUT2D eigenvalue weighted by atomic mass is 16.8. The lowest BCUT2D eigenvalue weighted by Crippen LogP contribution is -2.77. The minimum Gasteiger partial charge on any atom is -0.457 e. The zero-order chi connectivity index (χ0) is 66.1. The summed E-state index contributed by atoms with van der Waals surface area (Å²) in [5.41, 5.74) is -5.58. The second-order valence-corrected chi connectivity index (χ2v) is 29.8. The molecule has 0 aromatic rings. The molecule has 5 saturated heterocycles. The summed E-state index contributed by atoms with van der Waals surface area (Å²) in [6.07, 6.45) is -35.4. The van der Waals surface area contributed by atoms with Crippen molar-refractivity contribution in [2.45, 2.75) is 299 Å². The Balaban J connectivity index is 0.963. The summed E-state index contributed by atoms with van der Waals surface area (Å²) in [7, 11) is 0. The van der Waals surface area contributed by atoms with Gasteiger partial charge in [-0.3, -0.25) is 4.79 Å². The first-order chi connectivity index (χ1) is 42.1. The van der Waals surface area contributed by atoms with Gasteiger partial charge in [0.05, 0.1) is 49.1 Å². The predicted octanol–water partition coefficient (Wildman–Crippen LogP) is -1.19. The molecule has 27 heteroatoms. The summed E-state index contributed by atoms with van der Waals surface area (Å²) in [5.74, 6) is -1.78. The van der Waals surface area contributed by atoms with Crippen molar-refractivity contribution in [2.75, 3.05) is 19.8 Å². The van der Waals surface area contributed by atoms with Gasteiger partial charge in [0, 0.05) is 28.7 Å². The Hall–Kier alpha value is -2.24. The first-order valence-corrected chi connectivity index (χ1v) is 32.4. The van der Waals surface area contributed by atoms with E-state index in [2.05, 4.69) is 34.6 Å². The maximum absolute atomic E-state index is 13.7. The summed E-state index contributed by atoms with van der Waals surface area (Å²) in [6.45, 7) is 18.8. The molecule has 516 valence electrons. The highest BCUT2D eigenvalue weighted by Gasteiger charge is 2.86. The molecule has 1 spiro atoms. The summed E-state index contributed by atoms with van der Waals surface area (Å²) in [5, 5.41) is 158. The molecule has 0 aromatic heterocycles. The summed E-state index contributed by atoms with van der Waals surface area (Å²) in [6, 6.07) is 0. The van der Waals surface area contributed by atoms with Gasteiger partial charge < -0.3 is 124 Å². The van der Waals surface area contributed by atoms with Crippen LogP contribution in [0.2, 0.25) is 0 Å².